The Morgan fingerprint density at radius 3 is 2.89 bits per heavy atom. The molecule has 27 heavy (non-hydrogen) atoms. The highest BCUT2D eigenvalue weighted by Gasteiger charge is 2.27. The van der Waals surface area contributed by atoms with Crippen molar-refractivity contribution in [2.24, 2.45) is 5.92 Å². The van der Waals surface area contributed by atoms with Gasteiger partial charge in [0.2, 0.25) is 5.91 Å². The van der Waals surface area contributed by atoms with Gasteiger partial charge in [-0.15, -0.1) is 0 Å². The molecule has 0 saturated carbocycles. The Labute approximate surface area is 158 Å². The maximum atomic E-state index is 13.6. The number of hydrogen-bond donors (Lipinski definition) is 1. The molecule has 1 saturated heterocycles. The zero-order chi connectivity index (χ0) is 19.2. The number of aromatic nitrogens is 1. The summed E-state index contributed by atoms with van der Waals surface area (Å²) in [4.78, 5) is 31.0. The quantitative estimate of drug-likeness (QED) is 0.792. The predicted molar refractivity (Wildman–Crippen MR) is 102 cm³/mol. The first kappa shape index (κ1) is 19.2. The molecule has 2 aromatic rings. The van der Waals surface area contributed by atoms with Gasteiger partial charge < -0.3 is 10.2 Å². The lowest BCUT2D eigenvalue weighted by Gasteiger charge is -2.31. The molecule has 0 aliphatic carbocycles. The number of anilines is 1. The number of likely N-dealkylation sites (tertiary alicyclic amines) is 1. The Hall–Kier alpha value is -2.60. The van der Waals surface area contributed by atoms with Crippen LogP contribution in [-0.2, 0) is 4.79 Å². The van der Waals surface area contributed by atoms with Gasteiger partial charge in [-0.1, -0.05) is 12.1 Å². The second kappa shape index (κ2) is 8.86. The van der Waals surface area contributed by atoms with Crippen molar-refractivity contribution in [3.05, 3.63) is 59.7 Å². The van der Waals surface area contributed by atoms with Gasteiger partial charge >= 0.3 is 0 Å². The summed E-state index contributed by atoms with van der Waals surface area (Å²) in [7, 11) is 0. The van der Waals surface area contributed by atoms with Crippen LogP contribution in [0.15, 0.2) is 42.6 Å². The van der Waals surface area contributed by atoms with Crippen molar-refractivity contribution in [2.45, 2.75) is 26.2 Å². The lowest BCUT2D eigenvalue weighted by Crippen LogP contribution is -2.40. The van der Waals surface area contributed by atoms with E-state index in [1.807, 2.05) is 6.07 Å². The minimum atomic E-state index is -0.334. The van der Waals surface area contributed by atoms with Crippen LogP contribution in [0, 0.1) is 18.7 Å². The number of pyridine rings is 1. The lowest BCUT2D eigenvalue weighted by atomic mass is 9.92. The van der Waals surface area contributed by atoms with Gasteiger partial charge in [-0.25, -0.2) is 4.39 Å². The van der Waals surface area contributed by atoms with Crippen molar-refractivity contribution in [3.8, 4) is 0 Å². The van der Waals surface area contributed by atoms with Crippen molar-refractivity contribution in [2.75, 3.05) is 25.0 Å². The van der Waals surface area contributed by atoms with Crippen molar-refractivity contribution in [1.29, 1.82) is 0 Å². The van der Waals surface area contributed by atoms with Gasteiger partial charge in [-0.2, -0.15) is 0 Å². The van der Waals surface area contributed by atoms with E-state index in [-0.39, 0.29) is 23.4 Å². The second-order valence-corrected chi connectivity index (χ2v) is 6.98. The molecule has 1 N–H and O–H groups in total. The van der Waals surface area contributed by atoms with Crippen LogP contribution in [0.25, 0.3) is 0 Å². The monoisotopic (exact) mass is 369 g/mol. The number of benzene rings is 1. The molecule has 1 aromatic carbocycles. The molecular formula is C21H24FN3O2. The van der Waals surface area contributed by atoms with Gasteiger partial charge in [0.05, 0.1) is 0 Å². The molecule has 0 radical (unpaired) electrons. The molecule has 142 valence electrons. The number of nitrogens with zero attached hydrogens (tertiary/aromatic N) is 2. The fraction of sp³-hybridized carbons (Fsp3) is 0.381. The Morgan fingerprint density at radius 1 is 1.30 bits per heavy atom. The molecule has 1 atom stereocenters. The van der Waals surface area contributed by atoms with E-state index in [4.69, 9.17) is 0 Å². The highest BCUT2D eigenvalue weighted by molar-refractivity contribution is 5.96. The topological polar surface area (TPSA) is 62.3 Å². The van der Waals surface area contributed by atoms with E-state index >= 15 is 0 Å². The molecule has 5 nitrogen and oxygen atoms in total. The zero-order valence-electron chi connectivity index (χ0n) is 15.5. The van der Waals surface area contributed by atoms with Crippen LogP contribution in [0.2, 0.25) is 0 Å². The fourth-order valence-electron chi connectivity index (χ4n) is 3.34. The van der Waals surface area contributed by atoms with Crippen LogP contribution < -0.4 is 5.32 Å². The summed E-state index contributed by atoms with van der Waals surface area (Å²) in [6.45, 7) is 3.77. The Kier molecular flexibility index (Phi) is 6.29. The molecular weight excluding hydrogens is 345 g/mol. The van der Waals surface area contributed by atoms with Crippen molar-refractivity contribution in [3.63, 3.8) is 0 Å². The number of piperidine rings is 1. The molecule has 6 heteroatoms. The summed E-state index contributed by atoms with van der Waals surface area (Å²) in [5, 5.41) is 2.73. The molecule has 1 aliphatic rings. The first-order valence-corrected chi connectivity index (χ1v) is 9.26. The van der Waals surface area contributed by atoms with E-state index in [9.17, 15) is 14.0 Å². The van der Waals surface area contributed by atoms with E-state index in [1.165, 1.54) is 6.07 Å². The summed E-state index contributed by atoms with van der Waals surface area (Å²) < 4.78 is 13.6. The van der Waals surface area contributed by atoms with Gasteiger partial charge in [0.1, 0.15) is 11.5 Å². The van der Waals surface area contributed by atoms with Crippen molar-refractivity contribution >= 4 is 17.4 Å². The summed E-state index contributed by atoms with van der Waals surface area (Å²) >= 11 is 0. The van der Waals surface area contributed by atoms with Crippen LogP contribution >= 0.6 is 0 Å². The molecule has 0 bridgehead atoms. The third-order valence-electron chi connectivity index (χ3n) is 4.90. The number of Topliss-reactive ketones (excluding diaryl/α,β-unsaturated/α-hetero) is 1. The van der Waals surface area contributed by atoms with Gasteiger partial charge in [0.25, 0.3) is 0 Å². The van der Waals surface area contributed by atoms with E-state index in [0.29, 0.717) is 36.5 Å². The smallest absolute Gasteiger partial charge is 0.225 e. The maximum absolute atomic E-state index is 13.6. The fourth-order valence-corrected chi connectivity index (χ4v) is 3.34. The standard InChI is InChI=1S/C21H24FN3O2/c1-15-7-8-17(13-18(15)22)24-20(26)9-12-25-11-4-5-16(14-25)21(27)19-6-2-3-10-23-19/h2-3,6-8,10,13,16H,4-5,9,11-12,14H2,1H3,(H,24,26)/t16-/m1/s1. The summed E-state index contributed by atoms with van der Waals surface area (Å²) in [5.41, 5.74) is 1.51. The van der Waals surface area contributed by atoms with Gasteiger partial charge in [-0.3, -0.25) is 14.6 Å². The van der Waals surface area contributed by atoms with Crippen LogP contribution in [0.3, 0.4) is 0 Å². The normalized spacial score (nSPS) is 17.5. The first-order chi connectivity index (χ1) is 13.0. The van der Waals surface area contributed by atoms with Crippen LogP contribution in [-0.4, -0.2) is 41.2 Å². The summed E-state index contributed by atoms with van der Waals surface area (Å²) in [6, 6.07) is 10.0. The molecule has 1 amide bonds. The Bertz CT molecular complexity index is 810. The molecule has 0 unspecified atom stereocenters. The first-order valence-electron chi connectivity index (χ1n) is 9.26. The Balaban J connectivity index is 1.49. The summed E-state index contributed by atoms with van der Waals surface area (Å²) in [6.07, 6.45) is 3.71. The number of nitrogens with one attached hydrogen (secondary N) is 1. The number of ketones is 1. The van der Waals surface area contributed by atoms with Crippen LogP contribution in [0.4, 0.5) is 10.1 Å². The Morgan fingerprint density at radius 2 is 2.15 bits per heavy atom. The number of rotatable bonds is 6. The van der Waals surface area contributed by atoms with E-state index in [0.717, 1.165) is 19.4 Å². The van der Waals surface area contributed by atoms with E-state index in [1.54, 1.807) is 37.4 Å². The predicted octanol–water partition coefficient (Wildman–Crippen LogP) is 3.45. The molecule has 1 fully saturated rings. The highest BCUT2D eigenvalue weighted by Crippen LogP contribution is 2.20. The van der Waals surface area contributed by atoms with Gasteiger partial charge in [0.15, 0.2) is 5.78 Å². The second-order valence-electron chi connectivity index (χ2n) is 6.98. The molecule has 1 aliphatic heterocycles. The lowest BCUT2D eigenvalue weighted by molar-refractivity contribution is -0.116. The molecule has 2 heterocycles. The number of carbonyl (C=O) groups is 2. The van der Waals surface area contributed by atoms with Gasteiger partial charge in [0, 0.05) is 37.3 Å². The zero-order valence-corrected chi connectivity index (χ0v) is 15.5. The maximum Gasteiger partial charge on any atom is 0.225 e. The number of carbonyl (C=O) groups excluding carboxylic acids is 2. The third kappa shape index (κ3) is 5.20. The van der Waals surface area contributed by atoms with E-state index < -0.39 is 0 Å². The van der Waals surface area contributed by atoms with Gasteiger partial charge in [-0.05, 0) is 56.1 Å². The number of amides is 1. The van der Waals surface area contributed by atoms with Crippen LogP contribution in [0.1, 0.15) is 35.3 Å². The molecule has 0 spiro atoms. The molecule has 1 aromatic heterocycles. The molecule has 3 rings (SSSR count). The number of aryl methyl sites for hydroxylation is 1. The minimum Gasteiger partial charge on any atom is -0.326 e. The van der Waals surface area contributed by atoms with E-state index in [2.05, 4.69) is 15.2 Å². The SMILES string of the molecule is Cc1ccc(NC(=O)CCN2CCC[C@@H](C(=O)c3ccccn3)C2)cc1F. The third-order valence-corrected chi connectivity index (χ3v) is 4.90. The average Bonchev–Trinajstić information content (AvgIpc) is 2.69. The van der Waals surface area contributed by atoms with Crippen LogP contribution in [0.5, 0.6) is 0 Å². The summed E-state index contributed by atoms with van der Waals surface area (Å²) in [5.74, 6) is -0.501. The highest BCUT2D eigenvalue weighted by atomic mass is 19.1. The number of hydrogen-bond acceptors (Lipinski definition) is 4. The minimum absolute atomic E-state index is 0.0693. The van der Waals surface area contributed by atoms with Crippen molar-refractivity contribution < 1.29 is 14.0 Å². The largest absolute Gasteiger partial charge is 0.326 e. The number of halogens is 1. The van der Waals surface area contributed by atoms with Crippen molar-refractivity contribution in [1.82, 2.24) is 9.88 Å². The average molecular weight is 369 g/mol.